The second-order valence-electron chi connectivity index (χ2n) is 6.66. The molecule has 0 saturated carbocycles. The van der Waals surface area contributed by atoms with Crippen LogP contribution in [0.25, 0.3) is 0 Å². The van der Waals surface area contributed by atoms with E-state index in [1.165, 1.54) is 6.92 Å². The van der Waals surface area contributed by atoms with Gasteiger partial charge >= 0.3 is 0 Å². The molecule has 3 rings (SSSR count). The van der Waals surface area contributed by atoms with Gasteiger partial charge in [0.05, 0.1) is 7.11 Å². The molecule has 29 heavy (non-hydrogen) atoms. The zero-order chi connectivity index (χ0) is 20.6. The van der Waals surface area contributed by atoms with Crippen molar-refractivity contribution in [2.24, 2.45) is 0 Å². The van der Waals surface area contributed by atoms with Crippen LogP contribution in [0.5, 0.6) is 17.2 Å². The lowest BCUT2D eigenvalue weighted by atomic mass is 10.1. The van der Waals surface area contributed by atoms with Gasteiger partial charge in [0, 0.05) is 38.2 Å². The summed E-state index contributed by atoms with van der Waals surface area (Å²) in [6, 6.07) is 13.1. The first-order chi connectivity index (χ1) is 14.1. The lowest BCUT2D eigenvalue weighted by molar-refractivity contribution is -0.121. The van der Waals surface area contributed by atoms with Crippen molar-refractivity contribution < 1.29 is 23.8 Å². The Bertz CT molecular complexity index is 868. The Labute approximate surface area is 170 Å². The van der Waals surface area contributed by atoms with Gasteiger partial charge in [-0.15, -0.1) is 0 Å². The van der Waals surface area contributed by atoms with Crippen molar-refractivity contribution in [1.29, 1.82) is 0 Å². The Balaban J connectivity index is 1.52. The average molecular weight is 398 g/mol. The van der Waals surface area contributed by atoms with Crippen molar-refractivity contribution in [3.05, 3.63) is 48.0 Å². The van der Waals surface area contributed by atoms with Gasteiger partial charge in [-0.1, -0.05) is 18.2 Å². The highest BCUT2D eigenvalue weighted by atomic mass is 16.6. The molecule has 1 N–H and O–H groups in total. The number of methoxy groups -OCH3 is 1. The molecule has 2 aromatic rings. The largest absolute Gasteiger partial charge is 0.496 e. The van der Waals surface area contributed by atoms with E-state index in [-0.39, 0.29) is 24.8 Å². The van der Waals surface area contributed by atoms with Crippen molar-refractivity contribution in [2.45, 2.75) is 19.8 Å². The molecule has 0 radical (unpaired) electrons. The molecule has 2 aromatic carbocycles. The van der Waals surface area contributed by atoms with Crippen LogP contribution in [0.4, 0.5) is 5.69 Å². The number of carbonyl (C=O) groups excluding carboxylic acids is 2. The highest BCUT2D eigenvalue weighted by molar-refractivity contribution is 5.92. The molecule has 0 fully saturated rings. The summed E-state index contributed by atoms with van der Waals surface area (Å²) in [6.07, 6.45) is 0.883. The Hall–Kier alpha value is -3.22. The maximum atomic E-state index is 12.3. The van der Waals surface area contributed by atoms with E-state index in [0.717, 1.165) is 11.3 Å². The first kappa shape index (κ1) is 20.5. The molecule has 0 aromatic heterocycles. The molecule has 0 aliphatic carbocycles. The Kier molecular flexibility index (Phi) is 6.94. The van der Waals surface area contributed by atoms with E-state index in [4.69, 9.17) is 14.2 Å². The van der Waals surface area contributed by atoms with E-state index in [0.29, 0.717) is 43.4 Å². The summed E-state index contributed by atoms with van der Waals surface area (Å²) >= 11 is 0. The van der Waals surface area contributed by atoms with Crippen LogP contribution in [0, 0.1) is 0 Å². The maximum Gasteiger partial charge on any atom is 0.223 e. The van der Waals surface area contributed by atoms with E-state index in [1.807, 2.05) is 24.3 Å². The molecular weight excluding hydrogens is 372 g/mol. The van der Waals surface area contributed by atoms with Crippen molar-refractivity contribution in [3.8, 4) is 17.2 Å². The van der Waals surface area contributed by atoms with Crippen LogP contribution in [-0.2, 0) is 16.0 Å². The first-order valence-electron chi connectivity index (χ1n) is 9.65. The van der Waals surface area contributed by atoms with Crippen molar-refractivity contribution in [1.82, 2.24) is 5.32 Å². The van der Waals surface area contributed by atoms with E-state index < -0.39 is 0 Å². The Morgan fingerprint density at radius 3 is 2.62 bits per heavy atom. The normalized spacial score (nSPS) is 12.2. The van der Waals surface area contributed by atoms with Gasteiger partial charge in [-0.2, -0.15) is 0 Å². The predicted octanol–water partition coefficient (Wildman–Crippen LogP) is 2.57. The molecule has 7 heteroatoms. The molecule has 0 unspecified atom stereocenters. The van der Waals surface area contributed by atoms with Gasteiger partial charge in [-0.25, -0.2) is 0 Å². The fourth-order valence-electron chi connectivity index (χ4n) is 3.22. The predicted molar refractivity (Wildman–Crippen MR) is 110 cm³/mol. The zero-order valence-corrected chi connectivity index (χ0v) is 16.8. The molecule has 2 amide bonds. The molecule has 0 bridgehead atoms. The standard InChI is InChI=1S/C22H26N2O5/c1-16(25)24(18-7-8-20-21(15-18)29-14-13-28-20)12-10-22(26)23-11-9-17-5-3-4-6-19(17)27-2/h3-8,15H,9-14H2,1-2H3,(H,23,26). The van der Waals surface area contributed by atoms with Gasteiger partial charge in [0.15, 0.2) is 11.5 Å². The van der Waals surface area contributed by atoms with Crippen LogP contribution in [-0.4, -0.2) is 45.2 Å². The van der Waals surface area contributed by atoms with Crippen molar-refractivity contribution in [3.63, 3.8) is 0 Å². The zero-order valence-electron chi connectivity index (χ0n) is 16.8. The quantitative estimate of drug-likeness (QED) is 0.740. The summed E-state index contributed by atoms with van der Waals surface area (Å²) in [5.74, 6) is 1.84. The molecule has 0 atom stereocenters. The van der Waals surface area contributed by atoms with Crippen LogP contribution in [0.3, 0.4) is 0 Å². The number of fused-ring (bicyclic) bond motifs is 1. The Morgan fingerprint density at radius 2 is 1.86 bits per heavy atom. The summed E-state index contributed by atoms with van der Waals surface area (Å²) in [6.45, 7) is 3.26. The van der Waals surface area contributed by atoms with E-state index in [2.05, 4.69) is 5.32 Å². The molecular formula is C22H26N2O5. The lowest BCUT2D eigenvalue weighted by Crippen LogP contribution is -2.34. The minimum absolute atomic E-state index is 0.108. The van der Waals surface area contributed by atoms with Crippen LogP contribution in [0.15, 0.2) is 42.5 Å². The van der Waals surface area contributed by atoms with Crippen molar-refractivity contribution in [2.75, 3.05) is 38.3 Å². The summed E-state index contributed by atoms with van der Waals surface area (Å²) < 4.78 is 16.4. The number of carbonyl (C=O) groups is 2. The number of hydrogen-bond acceptors (Lipinski definition) is 5. The molecule has 1 heterocycles. The first-order valence-corrected chi connectivity index (χ1v) is 9.65. The second kappa shape index (κ2) is 9.82. The third-order valence-corrected chi connectivity index (χ3v) is 4.69. The summed E-state index contributed by atoms with van der Waals surface area (Å²) in [7, 11) is 1.63. The summed E-state index contributed by atoms with van der Waals surface area (Å²) in [4.78, 5) is 25.9. The highest BCUT2D eigenvalue weighted by Gasteiger charge is 2.18. The van der Waals surface area contributed by atoms with Gasteiger partial charge in [-0.3, -0.25) is 9.59 Å². The van der Waals surface area contributed by atoms with Gasteiger partial charge < -0.3 is 24.4 Å². The molecule has 0 saturated heterocycles. The lowest BCUT2D eigenvalue weighted by Gasteiger charge is -2.24. The molecule has 7 nitrogen and oxygen atoms in total. The van der Waals surface area contributed by atoms with E-state index in [9.17, 15) is 9.59 Å². The summed E-state index contributed by atoms with van der Waals surface area (Å²) in [5.41, 5.74) is 1.72. The fraction of sp³-hybridized carbons (Fsp3) is 0.364. The minimum atomic E-state index is -0.136. The number of nitrogens with zero attached hydrogens (tertiary/aromatic N) is 1. The van der Waals surface area contributed by atoms with Gasteiger partial charge in [0.25, 0.3) is 0 Å². The SMILES string of the molecule is COc1ccccc1CCNC(=O)CCN(C(C)=O)c1ccc2c(c1)OCCO2. The fourth-order valence-corrected chi connectivity index (χ4v) is 3.22. The third kappa shape index (κ3) is 5.40. The number of anilines is 1. The number of rotatable bonds is 8. The number of benzene rings is 2. The average Bonchev–Trinajstić information content (AvgIpc) is 2.74. The smallest absolute Gasteiger partial charge is 0.223 e. The number of para-hydroxylation sites is 1. The third-order valence-electron chi connectivity index (χ3n) is 4.69. The molecule has 1 aliphatic rings. The Morgan fingerprint density at radius 1 is 1.10 bits per heavy atom. The monoisotopic (exact) mass is 398 g/mol. The highest BCUT2D eigenvalue weighted by Crippen LogP contribution is 2.34. The number of hydrogen-bond donors (Lipinski definition) is 1. The van der Waals surface area contributed by atoms with Gasteiger partial charge in [-0.05, 0) is 30.2 Å². The van der Waals surface area contributed by atoms with E-state index in [1.54, 1.807) is 30.2 Å². The molecule has 154 valence electrons. The number of nitrogens with one attached hydrogen (secondary N) is 1. The van der Waals surface area contributed by atoms with Crippen molar-refractivity contribution >= 4 is 17.5 Å². The van der Waals surface area contributed by atoms with Crippen LogP contribution in [0.2, 0.25) is 0 Å². The van der Waals surface area contributed by atoms with Crippen LogP contribution < -0.4 is 24.4 Å². The number of amides is 2. The minimum Gasteiger partial charge on any atom is -0.496 e. The topological polar surface area (TPSA) is 77.1 Å². The van der Waals surface area contributed by atoms with Crippen LogP contribution >= 0.6 is 0 Å². The number of ether oxygens (including phenoxy) is 3. The van der Waals surface area contributed by atoms with Gasteiger partial charge in [0.1, 0.15) is 19.0 Å². The van der Waals surface area contributed by atoms with Gasteiger partial charge in [0.2, 0.25) is 11.8 Å². The molecule has 1 aliphatic heterocycles. The molecule has 0 spiro atoms. The van der Waals surface area contributed by atoms with E-state index >= 15 is 0 Å². The van der Waals surface area contributed by atoms with Crippen LogP contribution in [0.1, 0.15) is 18.9 Å². The second-order valence-corrected chi connectivity index (χ2v) is 6.66. The summed E-state index contributed by atoms with van der Waals surface area (Å²) in [5, 5.41) is 2.90. The maximum absolute atomic E-state index is 12.3.